The van der Waals surface area contributed by atoms with Crippen LogP contribution in [0.3, 0.4) is 0 Å². The minimum absolute atomic E-state index is 0.161. The van der Waals surface area contributed by atoms with Gasteiger partial charge in [0, 0.05) is 39.0 Å². The van der Waals surface area contributed by atoms with E-state index in [1.807, 2.05) is 12.1 Å². The van der Waals surface area contributed by atoms with Crippen molar-refractivity contribution in [1.82, 2.24) is 49.5 Å². The molecule has 0 N–H and O–H groups in total. The second kappa shape index (κ2) is 24.3. The number of ether oxygens (including phenoxy) is 6. The number of hydrogen-bond donors (Lipinski definition) is 0. The number of halogens is 2. The number of methoxy groups -OCH3 is 6. The fourth-order valence-electron chi connectivity index (χ4n) is 7.93. The van der Waals surface area contributed by atoms with Crippen LogP contribution in [-0.4, -0.2) is 119 Å². The Kier molecular flexibility index (Phi) is 18.0. The van der Waals surface area contributed by atoms with Crippen LogP contribution in [0.2, 0.25) is 10.0 Å². The van der Waals surface area contributed by atoms with Crippen molar-refractivity contribution in [2.75, 3.05) is 42.7 Å². The quantitative estimate of drug-likeness (QED) is 0.0699. The van der Waals surface area contributed by atoms with Crippen LogP contribution in [0, 0.1) is 0 Å². The summed E-state index contributed by atoms with van der Waals surface area (Å²) in [6.07, 6.45) is 4.49. The molecule has 74 heavy (non-hydrogen) atoms. The lowest BCUT2D eigenvalue weighted by Gasteiger charge is -2.23. The van der Waals surface area contributed by atoms with Crippen LogP contribution < -0.4 is 18.9 Å². The first-order valence-electron chi connectivity index (χ1n) is 22.5. The molecule has 0 saturated carbocycles. The third-order valence-electron chi connectivity index (χ3n) is 11.7. The first kappa shape index (κ1) is 54.7. The van der Waals surface area contributed by atoms with Gasteiger partial charge in [-0.05, 0) is 86.6 Å². The molecular weight excluding hydrogens is 1040 g/mol. The second-order valence-electron chi connectivity index (χ2n) is 16.1. The van der Waals surface area contributed by atoms with E-state index in [4.69, 9.17) is 51.6 Å². The van der Waals surface area contributed by atoms with Crippen LogP contribution in [0.25, 0.3) is 34.4 Å². The van der Waals surface area contributed by atoms with Crippen LogP contribution in [0.4, 0.5) is 0 Å². The smallest absolute Gasteiger partial charge is 0.187 e. The van der Waals surface area contributed by atoms with Gasteiger partial charge in [0.1, 0.15) is 69.5 Å². The third kappa shape index (κ3) is 12.0. The van der Waals surface area contributed by atoms with E-state index in [2.05, 4.69) is 40.3 Å². The maximum atomic E-state index is 13.7. The maximum Gasteiger partial charge on any atom is 0.187 e. The zero-order valence-corrected chi connectivity index (χ0v) is 44.5. The predicted molar refractivity (Wildman–Crippen MR) is 278 cm³/mol. The molecule has 6 heterocycles. The maximum absolute atomic E-state index is 13.7. The van der Waals surface area contributed by atoms with E-state index in [1.54, 1.807) is 120 Å². The van der Waals surface area contributed by atoms with Gasteiger partial charge >= 0.3 is 0 Å². The van der Waals surface area contributed by atoms with Crippen molar-refractivity contribution < 1.29 is 45.3 Å². The van der Waals surface area contributed by atoms with Gasteiger partial charge in [0.15, 0.2) is 43.0 Å². The van der Waals surface area contributed by atoms with Gasteiger partial charge in [0.2, 0.25) is 0 Å². The molecule has 24 heteroatoms. The highest BCUT2D eigenvalue weighted by atomic mass is 35.5. The topological polar surface area (TPSA) is 237 Å². The lowest BCUT2D eigenvalue weighted by atomic mass is 10.2. The molecule has 6 aromatic heterocycles. The van der Waals surface area contributed by atoms with Crippen molar-refractivity contribution in [3.63, 3.8) is 0 Å². The molecule has 388 valence electrons. The molecule has 0 bridgehead atoms. The number of aromatic nitrogens is 10. The van der Waals surface area contributed by atoms with Crippen molar-refractivity contribution in [3.05, 3.63) is 155 Å². The zero-order valence-electron chi connectivity index (χ0n) is 41.4. The lowest BCUT2D eigenvalue weighted by molar-refractivity contribution is 0.0986. The summed E-state index contributed by atoms with van der Waals surface area (Å²) in [7, 11) is 1.26. The summed E-state index contributed by atoms with van der Waals surface area (Å²) in [6.45, 7) is 3.15. The summed E-state index contributed by atoms with van der Waals surface area (Å²) in [4.78, 5) is 17.3. The van der Waals surface area contributed by atoms with Crippen LogP contribution in [0.5, 0.6) is 23.0 Å². The number of benzene rings is 2. The Morgan fingerprint density at radius 3 is 1.12 bits per heavy atom. The summed E-state index contributed by atoms with van der Waals surface area (Å²) >= 11 is 11.9. The largest absolute Gasteiger partial charge is 0.494 e. The van der Waals surface area contributed by atoms with E-state index in [9.17, 15) is 16.8 Å². The number of rotatable bonds is 20. The fraction of sp³-hybridized carbons (Fsp3) is 0.280. The third-order valence-corrected chi connectivity index (χ3v) is 16.3. The standard InChI is InChI=1S/2C25H26ClN5O5S/c2*1-16(24(36-4)18-12-11-17(26)14-28-18)37(32,33)15-22-29-30-25(19-8-5-6-13-27-19)31(22)23-20(34-2)9-7-10-21(23)35-3/h2*5-14,16,24H,15H2,1-4H3/t2*16-,24-/m10/s1. The SMILES string of the molecule is COc1cccc(OC)c1-n1c(CS(=O)(=O)[C@@H](C)[C@H](OC)c2ccc(Cl)cn2)nnc1-c1ccccn1.COc1cccc(OC)c1-n1c(CS(=O)(=O)[C@H](C)[C@@H](OC)c2ccc(Cl)cn2)nnc1-c1ccccn1. The van der Waals surface area contributed by atoms with Crippen LogP contribution in [-0.2, 0) is 40.7 Å². The Hall–Kier alpha value is -7.08. The Morgan fingerprint density at radius 1 is 0.473 bits per heavy atom. The van der Waals surface area contributed by atoms with E-state index in [0.29, 0.717) is 78.8 Å². The van der Waals surface area contributed by atoms with Gasteiger partial charge in [0.25, 0.3) is 0 Å². The average molecular weight is 1090 g/mol. The number of hydrogen-bond acceptors (Lipinski definition) is 18. The second-order valence-corrected chi connectivity index (χ2v) is 21.7. The van der Waals surface area contributed by atoms with E-state index < -0.39 is 53.9 Å². The molecule has 0 amide bonds. The molecule has 0 aliphatic carbocycles. The average Bonchev–Trinajstić information content (AvgIpc) is 4.03. The summed E-state index contributed by atoms with van der Waals surface area (Å²) in [5.74, 6) is 1.90. The molecule has 0 radical (unpaired) electrons. The van der Waals surface area contributed by atoms with Crippen molar-refractivity contribution in [2.45, 2.75) is 48.1 Å². The predicted octanol–water partition coefficient (Wildman–Crippen LogP) is 8.17. The molecule has 0 aliphatic rings. The van der Waals surface area contributed by atoms with Crippen molar-refractivity contribution >= 4 is 42.9 Å². The van der Waals surface area contributed by atoms with Gasteiger partial charge in [-0.1, -0.05) is 47.5 Å². The van der Waals surface area contributed by atoms with Gasteiger partial charge in [-0.25, -0.2) is 16.8 Å². The Bertz CT molecular complexity index is 3110. The van der Waals surface area contributed by atoms with E-state index in [-0.39, 0.29) is 11.6 Å². The Morgan fingerprint density at radius 2 is 0.838 bits per heavy atom. The molecule has 2 aromatic carbocycles. The monoisotopic (exact) mass is 1090 g/mol. The molecule has 8 rings (SSSR count). The van der Waals surface area contributed by atoms with Gasteiger partial charge in [-0.3, -0.25) is 29.1 Å². The molecule has 0 spiro atoms. The fourth-order valence-corrected chi connectivity index (χ4v) is 11.0. The first-order valence-corrected chi connectivity index (χ1v) is 26.7. The highest BCUT2D eigenvalue weighted by Gasteiger charge is 2.36. The summed E-state index contributed by atoms with van der Waals surface area (Å²) in [6, 6.07) is 27.8. The van der Waals surface area contributed by atoms with Gasteiger partial charge in [0.05, 0.1) is 60.4 Å². The van der Waals surface area contributed by atoms with E-state index in [1.165, 1.54) is 55.1 Å². The van der Waals surface area contributed by atoms with Gasteiger partial charge < -0.3 is 28.4 Å². The molecule has 8 aromatic rings. The summed E-state index contributed by atoms with van der Waals surface area (Å²) < 4.78 is 91.4. The minimum atomic E-state index is -3.84. The zero-order chi connectivity index (χ0) is 53.2. The number of nitrogens with zero attached hydrogens (tertiary/aromatic N) is 10. The van der Waals surface area contributed by atoms with E-state index in [0.717, 1.165) is 0 Å². The van der Waals surface area contributed by atoms with Crippen molar-refractivity contribution in [3.8, 4) is 57.4 Å². The highest BCUT2D eigenvalue weighted by molar-refractivity contribution is 7.91. The summed E-state index contributed by atoms with van der Waals surface area (Å²) in [5, 5.41) is 16.1. The Balaban J connectivity index is 0.000000216. The van der Waals surface area contributed by atoms with Gasteiger partial charge in [-0.15, -0.1) is 20.4 Å². The molecule has 0 aliphatic heterocycles. The molecule has 0 unspecified atom stereocenters. The molecule has 4 atom stereocenters. The number of sulfone groups is 2. The number of para-hydroxylation sites is 2. The Labute approximate surface area is 438 Å². The summed E-state index contributed by atoms with van der Waals surface area (Å²) in [5.41, 5.74) is 2.81. The van der Waals surface area contributed by atoms with Crippen LogP contribution in [0.15, 0.2) is 122 Å². The molecule has 0 fully saturated rings. The minimum Gasteiger partial charge on any atom is -0.494 e. The van der Waals surface area contributed by atoms with Crippen molar-refractivity contribution in [1.29, 1.82) is 0 Å². The molecular formula is C50H52Cl2N10O10S2. The lowest BCUT2D eigenvalue weighted by Crippen LogP contribution is -2.29. The molecule has 0 saturated heterocycles. The highest BCUT2D eigenvalue weighted by Crippen LogP contribution is 2.39. The number of pyridine rings is 4. The molecule has 20 nitrogen and oxygen atoms in total. The first-order chi connectivity index (χ1) is 35.6. The normalized spacial score (nSPS) is 13.2. The van der Waals surface area contributed by atoms with Crippen LogP contribution >= 0.6 is 23.2 Å². The van der Waals surface area contributed by atoms with E-state index >= 15 is 0 Å². The van der Waals surface area contributed by atoms with Gasteiger partial charge in [-0.2, -0.15) is 0 Å². The van der Waals surface area contributed by atoms with Crippen molar-refractivity contribution in [2.24, 2.45) is 0 Å². The van der Waals surface area contributed by atoms with Crippen LogP contribution in [0.1, 0.15) is 49.1 Å².